The summed E-state index contributed by atoms with van der Waals surface area (Å²) in [6.07, 6.45) is 8.66. The normalized spacial score (nSPS) is 26.0. The van der Waals surface area contributed by atoms with Crippen LogP contribution in [0.25, 0.3) is 0 Å². The van der Waals surface area contributed by atoms with E-state index in [-0.39, 0.29) is 17.6 Å². The first-order chi connectivity index (χ1) is 11.7. The third-order valence-electron chi connectivity index (χ3n) is 4.75. The first kappa shape index (κ1) is 15.1. The second-order valence-corrected chi connectivity index (χ2v) is 6.50. The number of ether oxygens (including phenoxy) is 1. The number of likely N-dealkylation sites (tertiary alicyclic amines) is 1. The molecule has 2 aliphatic heterocycles. The van der Waals surface area contributed by atoms with Crippen molar-refractivity contribution in [2.24, 2.45) is 0 Å². The van der Waals surface area contributed by atoms with Crippen molar-refractivity contribution in [2.45, 2.75) is 24.5 Å². The number of pyridine rings is 2. The summed E-state index contributed by atoms with van der Waals surface area (Å²) in [5, 5.41) is 3.47. The van der Waals surface area contributed by atoms with Crippen LogP contribution in [0.5, 0.6) is 0 Å². The lowest BCUT2D eigenvalue weighted by Gasteiger charge is -2.23. The van der Waals surface area contributed by atoms with E-state index in [2.05, 4.69) is 15.3 Å². The zero-order valence-electron chi connectivity index (χ0n) is 13.4. The molecule has 24 heavy (non-hydrogen) atoms. The summed E-state index contributed by atoms with van der Waals surface area (Å²) in [6, 6.07) is 7.77. The van der Waals surface area contributed by atoms with Gasteiger partial charge in [0.2, 0.25) is 0 Å². The van der Waals surface area contributed by atoms with Crippen LogP contribution in [-0.2, 0) is 4.74 Å². The van der Waals surface area contributed by atoms with Gasteiger partial charge in [0.1, 0.15) is 0 Å². The molecular formula is C18H20N4O2. The summed E-state index contributed by atoms with van der Waals surface area (Å²) in [4.78, 5) is 22.6. The lowest BCUT2D eigenvalue weighted by Crippen LogP contribution is -2.36. The average Bonchev–Trinajstić information content (AvgIpc) is 3.23. The molecule has 4 rings (SSSR count). The molecule has 124 valence electrons. The standard InChI is InChI=1S/C18H20N4O2/c23-17(14-3-1-6-19-10-14)22-8-5-18(13-22)9-16(12-24-18)21-15-4-2-7-20-11-15/h1-4,6-7,10-11,16,21H,5,8-9,12-13H2/t16-,18-/m1/s1. The summed E-state index contributed by atoms with van der Waals surface area (Å²) in [5.41, 5.74) is 1.42. The van der Waals surface area contributed by atoms with Crippen molar-refractivity contribution in [3.63, 3.8) is 0 Å². The van der Waals surface area contributed by atoms with Gasteiger partial charge in [-0.15, -0.1) is 0 Å². The fourth-order valence-corrected chi connectivity index (χ4v) is 3.60. The Balaban J connectivity index is 1.39. The zero-order chi connectivity index (χ0) is 16.4. The topological polar surface area (TPSA) is 67.4 Å². The molecule has 0 saturated carbocycles. The average molecular weight is 324 g/mol. The number of hydrogen-bond donors (Lipinski definition) is 1. The quantitative estimate of drug-likeness (QED) is 0.935. The van der Waals surface area contributed by atoms with E-state index >= 15 is 0 Å². The van der Waals surface area contributed by atoms with E-state index in [1.165, 1.54) is 0 Å². The molecule has 2 fully saturated rings. The summed E-state index contributed by atoms with van der Waals surface area (Å²) in [5.74, 6) is 0.0345. The molecule has 2 aromatic heterocycles. The van der Waals surface area contributed by atoms with Crippen LogP contribution in [0, 0.1) is 0 Å². The predicted octanol–water partition coefficient (Wildman–Crippen LogP) is 1.96. The second kappa shape index (κ2) is 6.20. The molecule has 6 nitrogen and oxygen atoms in total. The lowest BCUT2D eigenvalue weighted by molar-refractivity contribution is 0.0125. The number of amides is 1. The number of anilines is 1. The highest BCUT2D eigenvalue weighted by Crippen LogP contribution is 2.36. The largest absolute Gasteiger partial charge is 0.379 e. The van der Waals surface area contributed by atoms with Crippen LogP contribution in [0.3, 0.4) is 0 Å². The van der Waals surface area contributed by atoms with E-state index in [0.29, 0.717) is 18.7 Å². The van der Waals surface area contributed by atoms with Crippen LogP contribution in [-0.4, -0.2) is 52.1 Å². The molecule has 1 spiro atoms. The fourth-order valence-electron chi connectivity index (χ4n) is 3.60. The van der Waals surface area contributed by atoms with Crippen LogP contribution >= 0.6 is 0 Å². The molecule has 0 bridgehead atoms. The first-order valence-electron chi connectivity index (χ1n) is 8.24. The van der Waals surface area contributed by atoms with Gasteiger partial charge in [-0.2, -0.15) is 0 Å². The van der Waals surface area contributed by atoms with Crippen molar-refractivity contribution < 1.29 is 9.53 Å². The molecule has 1 N–H and O–H groups in total. The Labute approximate surface area is 140 Å². The third kappa shape index (κ3) is 2.97. The van der Waals surface area contributed by atoms with Crippen molar-refractivity contribution in [1.82, 2.24) is 14.9 Å². The lowest BCUT2D eigenvalue weighted by atomic mass is 9.97. The number of carbonyl (C=O) groups is 1. The monoisotopic (exact) mass is 324 g/mol. The van der Waals surface area contributed by atoms with Crippen molar-refractivity contribution in [2.75, 3.05) is 25.0 Å². The minimum Gasteiger partial charge on any atom is -0.379 e. The Morgan fingerprint density at radius 3 is 2.83 bits per heavy atom. The summed E-state index contributed by atoms with van der Waals surface area (Å²) >= 11 is 0. The molecule has 0 radical (unpaired) electrons. The highest BCUT2D eigenvalue weighted by Gasteiger charge is 2.46. The second-order valence-electron chi connectivity index (χ2n) is 6.50. The maximum Gasteiger partial charge on any atom is 0.255 e. The van der Waals surface area contributed by atoms with Gasteiger partial charge in [-0.05, 0) is 30.7 Å². The van der Waals surface area contributed by atoms with E-state index in [9.17, 15) is 4.79 Å². The minimum absolute atomic E-state index is 0.0345. The minimum atomic E-state index is -0.224. The number of carbonyl (C=O) groups excluding carboxylic acids is 1. The van der Waals surface area contributed by atoms with E-state index < -0.39 is 0 Å². The molecule has 1 amide bonds. The van der Waals surface area contributed by atoms with Crippen molar-refractivity contribution >= 4 is 11.6 Å². The summed E-state index contributed by atoms with van der Waals surface area (Å²) in [7, 11) is 0. The van der Waals surface area contributed by atoms with Gasteiger partial charge in [-0.1, -0.05) is 0 Å². The van der Waals surface area contributed by atoms with Crippen LogP contribution in [0.1, 0.15) is 23.2 Å². The predicted molar refractivity (Wildman–Crippen MR) is 89.7 cm³/mol. The maximum absolute atomic E-state index is 12.6. The van der Waals surface area contributed by atoms with E-state index in [0.717, 1.165) is 25.1 Å². The molecule has 4 heterocycles. The number of hydrogen-bond acceptors (Lipinski definition) is 5. The number of rotatable bonds is 3. The Morgan fingerprint density at radius 2 is 2.08 bits per heavy atom. The van der Waals surface area contributed by atoms with E-state index in [1.54, 1.807) is 24.7 Å². The van der Waals surface area contributed by atoms with E-state index in [1.807, 2.05) is 29.3 Å². The summed E-state index contributed by atoms with van der Waals surface area (Å²) in [6.45, 7) is 2.03. The van der Waals surface area contributed by atoms with Crippen LogP contribution in [0.15, 0.2) is 49.1 Å². The zero-order valence-corrected chi connectivity index (χ0v) is 13.4. The Hall–Kier alpha value is -2.47. The third-order valence-corrected chi connectivity index (χ3v) is 4.75. The highest BCUT2D eigenvalue weighted by molar-refractivity contribution is 5.94. The van der Waals surface area contributed by atoms with Gasteiger partial charge in [0.15, 0.2) is 0 Å². The van der Waals surface area contributed by atoms with Crippen LogP contribution in [0.2, 0.25) is 0 Å². The SMILES string of the molecule is O=C(c1cccnc1)N1CC[C@@]2(C[C@@H](Nc3cccnc3)CO2)C1. The fraction of sp³-hybridized carbons (Fsp3) is 0.389. The highest BCUT2D eigenvalue weighted by atomic mass is 16.5. The Morgan fingerprint density at radius 1 is 1.25 bits per heavy atom. The molecule has 2 aliphatic rings. The van der Waals surface area contributed by atoms with Gasteiger partial charge in [0, 0.05) is 37.8 Å². The van der Waals surface area contributed by atoms with Gasteiger partial charge in [0.05, 0.1) is 36.0 Å². The molecule has 0 aromatic carbocycles. The Kier molecular flexibility index (Phi) is 3.90. The Bertz CT molecular complexity index is 709. The van der Waals surface area contributed by atoms with Gasteiger partial charge in [-0.3, -0.25) is 14.8 Å². The molecule has 2 atom stereocenters. The van der Waals surface area contributed by atoms with E-state index in [4.69, 9.17) is 4.74 Å². The van der Waals surface area contributed by atoms with Gasteiger partial charge in [0.25, 0.3) is 5.91 Å². The van der Waals surface area contributed by atoms with Gasteiger partial charge < -0.3 is 15.0 Å². The molecule has 2 aromatic rings. The molecule has 0 unspecified atom stereocenters. The number of nitrogens with zero attached hydrogens (tertiary/aromatic N) is 3. The molecule has 6 heteroatoms. The maximum atomic E-state index is 12.6. The molecule has 2 saturated heterocycles. The first-order valence-corrected chi connectivity index (χ1v) is 8.24. The van der Waals surface area contributed by atoms with Gasteiger partial charge in [-0.25, -0.2) is 0 Å². The molecule has 0 aliphatic carbocycles. The van der Waals surface area contributed by atoms with Crippen LogP contribution in [0.4, 0.5) is 5.69 Å². The van der Waals surface area contributed by atoms with Gasteiger partial charge >= 0.3 is 0 Å². The number of aromatic nitrogens is 2. The van der Waals surface area contributed by atoms with Crippen molar-refractivity contribution in [3.8, 4) is 0 Å². The summed E-state index contributed by atoms with van der Waals surface area (Å²) < 4.78 is 6.11. The molecular weight excluding hydrogens is 304 g/mol. The van der Waals surface area contributed by atoms with Crippen molar-refractivity contribution in [1.29, 1.82) is 0 Å². The smallest absolute Gasteiger partial charge is 0.255 e. The number of nitrogens with one attached hydrogen (secondary N) is 1. The van der Waals surface area contributed by atoms with Crippen molar-refractivity contribution in [3.05, 3.63) is 54.6 Å². The van der Waals surface area contributed by atoms with Crippen LogP contribution < -0.4 is 5.32 Å².